The molecule has 3 heterocycles. The quantitative estimate of drug-likeness (QED) is 0.530. The second-order valence-corrected chi connectivity index (χ2v) is 9.39. The second-order valence-electron chi connectivity index (χ2n) is 9.39. The summed E-state index contributed by atoms with van der Waals surface area (Å²) in [7, 11) is 0. The van der Waals surface area contributed by atoms with Gasteiger partial charge in [-0.05, 0) is 30.0 Å². The molecule has 2 aliphatic rings. The maximum Gasteiger partial charge on any atom is 0.227 e. The number of rotatable bonds is 7. The molecule has 3 aromatic rings. The molecule has 0 bridgehead atoms. The van der Waals surface area contributed by atoms with Crippen LogP contribution in [0.25, 0.3) is 0 Å². The largest absolute Gasteiger partial charge is 0.341 e. The van der Waals surface area contributed by atoms with Gasteiger partial charge in [-0.1, -0.05) is 48.5 Å². The van der Waals surface area contributed by atoms with Crippen LogP contribution in [0.15, 0.2) is 67.0 Å². The van der Waals surface area contributed by atoms with Gasteiger partial charge in [-0.3, -0.25) is 14.5 Å². The monoisotopic (exact) mass is 471 g/mol. The van der Waals surface area contributed by atoms with Crippen LogP contribution in [-0.2, 0) is 29.1 Å². The fraction of sp³-hybridized carbons (Fsp3) is 0.393. The van der Waals surface area contributed by atoms with Gasteiger partial charge in [-0.2, -0.15) is 0 Å². The fourth-order valence-electron chi connectivity index (χ4n) is 5.10. The van der Waals surface area contributed by atoms with Crippen molar-refractivity contribution in [1.29, 1.82) is 0 Å². The van der Waals surface area contributed by atoms with Crippen molar-refractivity contribution in [1.82, 2.24) is 19.4 Å². The molecule has 2 amide bonds. The van der Waals surface area contributed by atoms with E-state index in [-0.39, 0.29) is 24.7 Å². The molecule has 0 saturated carbocycles. The first kappa shape index (κ1) is 23.3. The first-order chi connectivity index (χ1) is 17.2. The Hall–Kier alpha value is -3.45. The van der Waals surface area contributed by atoms with Crippen LogP contribution in [0.5, 0.6) is 0 Å². The summed E-state index contributed by atoms with van der Waals surface area (Å²) in [4.78, 5) is 36.5. The molecule has 5 rings (SSSR count). The summed E-state index contributed by atoms with van der Waals surface area (Å²) in [5.74, 6) is 1.17. The van der Waals surface area contributed by atoms with Crippen LogP contribution >= 0.6 is 0 Å². The number of benzene rings is 2. The molecule has 182 valence electrons. The molecule has 1 saturated heterocycles. The zero-order valence-corrected chi connectivity index (χ0v) is 20.2. The number of nitrogens with zero attached hydrogens (tertiary/aromatic N) is 5. The molecule has 7 nitrogen and oxygen atoms in total. The van der Waals surface area contributed by atoms with E-state index in [0.29, 0.717) is 13.1 Å². The minimum atomic E-state index is 0.0463. The van der Waals surface area contributed by atoms with Crippen LogP contribution in [0.4, 0.5) is 5.69 Å². The number of aromatic nitrogens is 2. The first-order valence-corrected chi connectivity index (χ1v) is 12.6. The summed E-state index contributed by atoms with van der Waals surface area (Å²) in [5.41, 5.74) is 3.47. The van der Waals surface area contributed by atoms with E-state index >= 15 is 0 Å². The molecule has 2 aliphatic heterocycles. The van der Waals surface area contributed by atoms with Crippen molar-refractivity contribution in [2.24, 2.45) is 0 Å². The molecule has 7 heteroatoms. The molecule has 1 aromatic heterocycles. The van der Waals surface area contributed by atoms with Crippen molar-refractivity contribution in [2.75, 3.05) is 37.6 Å². The minimum Gasteiger partial charge on any atom is -0.341 e. The number of imidazole rings is 1. The SMILES string of the molecule is O=C(CCC(=O)N1CCc2ccccc21)N1CCCN(Cc2nccn2Cc2ccccc2)CC1. The highest BCUT2D eigenvalue weighted by molar-refractivity contribution is 5.97. The topological polar surface area (TPSA) is 61.7 Å². The Labute approximate surface area is 207 Å². The third-order valence-corrected chi connectivity index (χ3v) is 7.04. The fourth-order valence-corrected chi connectivity index (χ4v) is 5.10. The Morgan fingerprint density at radius 2 is 1.60 bits per heavy atom. The van der Waals surface area contributed by atoms with E-state index in [1.54, 1.807) is 0 Å². The average Bonchev–Trinajstić information content (AvgIpc) is 3.44. The van der Waals surface area contributed by atoms with Gasteiger partial charge >= 0.3 is 0 Å². The van der Waals surface area contributed by atoms with Gasteiger partial charge in [0.15, 0.2) is 0 Å². The number of hydrogen-bond acceptors (Lipinski definition) is 4. The lowest BCUT2D eigenvalue weighted by Crippen LogP contribution is -2.36. The highest BCUT2D eigenvalue weighted by Gasteiger charge is 2.26. The Kier molecular flexibility index (Phi) is 7.23. The molecule has 0 atom stereocenters. The summed E-state index contributed by atoms with van der Waals surface area (Å²) >= 11 is 0. The van der Waals surface area contributed by atoms with Crippen molar-refractivity contribution >= 4 is 17.5 Å². The number of amides is 2. The zero-order chi connectivity index (χ0) is 24.0. The van der Waals surface area contributed by atoms with Crippen LogP contribution in [0.2, 0.25) is 0 Å². The van der Waals surface area contributed by atoms with Gasteiger partial charge in [0, 0.05) is 70.2 Å². The highest BCUT2D eigenvalue weighted by Crippen LogP contribution is 2.28. The number of hydrogen-bond donors (Lipinski definition) is 0. The Morgan fingerprint density at radius 3 is 2.49 bits per heavy atom. The normalized spacial score (nSPS) is 16.2. The van der Waals surface area contributed by atoms with Crippen molar-refractivity contribution in [2.45, 2.75) is 38.8 Å². The number of carbonyl (C=O) groups excluding carboxylic acids is 2. The van der Waals surface area contributed by atoms with E-state index in [1.165, 1.54) is 11.1 Å². The van der Waals surface area contributed by atoms with Gasteiger partial charge in [-0.25, -0.2) is 4.98 Å². The van der Waals surface area contributed by atoms with Crippen molar-refractivity contribution in [3.63, 3.8) is 0 Å². The van der Waals surface area contributed by atoms with E-state index in [1.807, 2.05) is 46.5 Å². The summed E-state index contributed by atoms with van der Waals surface area (Å²) in [6.07, 6.45) is 6.26. The molecule has 0 aliphatic carbocycles. The molecule has 0 unspecified atom stereocenters. The molecule has 2 aromatic carbocycles. The van der Waals surface area contributed by atoms with Crippen LogP contribution < -0.4 is 4.90 Å². The van der Waals surface area contributed by atoms with Gasteiger partial charge in [0.1, 0.15) is 5.82 Å². The molecule has 0 N–H and O–H groups in total. The van der Waals surface area contributed by atoms with Crippen LogP contribution in [0.3, 0.4) is 0 Å². The lowest BCUT2D eigenvalue weighted by Gasteiger charge is -2.23. The summed E-state index contributed by atoms with van der Waals surface area (Å²) < 4.78 is 2.20. The van der Waals surface area contributed by atoms with Gasteiger partial charge in [0.2, 0.25) is 11.8 Å². The van der Waals surface area contributed by atoms with Gasteiger partial charge in [0.25, 0.3) is 0 Å². The van der Waals surface area contributed by atoms with E-state index in [0.717, 1.165) is 57.1 Å². The maximum absolute atomic E-state index is 12.9. The molecule has 0 radical (unpaired) electrons. The summed E-state index contributed by atoms with van der Waals surface area (Å²) in [5, 5.41) is 0. The standard InChI is InChI=1S/C28H33N5O2/c34-27(11-12-28(35)33-17-13-24-9-4-5-10-25(24)33)31-16-6-15-30(19-20-31)22-26-29-14-18-32(26)21-23-7-2-1-3-8-23/h1-5,7-10,14,18H,6,11-13,15-17,19-22H2. The van der Waals surface area contributed by atoms with Gasteiger partial charge < -0.3 is 14.4 Å². The zero-order valence-electron chi connectivity index (χ0n) is 20.2. The van der Waals surface area contributed by atoms with Crippen LogP contribution in [0, 0.1) is 0 Å². The third-order valence-electron chi connectivity index (χ3n) is 7.04. The smallest absolute Gasteiger partial charge is 0.227 e. The number of carbonyl (C=O) groups is 2. The Morgan fingerprint density at radius 1 is 0.800 bits per heavy atom. The second kappa shape index (κ2) is 10.9. The van der Waals surface area contributed by atoms with E-state index in [9.17, 15) is 9.59 Å². The molecular weight excluding hydrogens is 438 g/mol. The minimum absolute atomic E-state index is 0.0463. The number of anilines is 1. The van der Waals surface area contributed by atoms with Crippen molar-refractivity contribution in [3.8, 4) is 0 Å². The molecule has 35 heavy (non-hydrogen) atoms. The summed E-state index contributed by atoms with van der Waals surface area (Å²) in [6, 6.07) is 18.5. The maximum atomic E-state index is 12.9. The third kappa shape index (κ3) is 5.62. The average molecular weight is 472 g/mol. The van der Waals surface area contributed by atoms with Crippen LogP contribution in [-0.4, -0.2) is 63.9 Å². The molecule has 1 fully saturated rings. The Bertz CT molecular complexity index is 1160. The summed E-state index contributed by atoms with van der Waals surface area (Å²) in [6.45, 7) is 5.49. The lowest BCUT2D eigenvalue weighted by molar-refractivity contribution is -0.133. The molecule has 0 spiro atoms. The van der Waals surface area contributed by atoms with E-state index in [2.05, 4.69) is 44.8 Å². The predicted octanol–water partition coefficient (Wildman–Crippen LogP) is 3.34. The molecular formula is C28H33N5O2. The lowest BCUT2D eigenvalue weighted by atomic mass is 10.2. The van der Waals surface area contributed by atoms with Crippen molar-refractivity contribution < 1.29 is 9.59 Å². The van der Waals surface area contributed by atoms with Gasteiger partial charge in [-0.15, -0.1) is 0 Å². The first-order valence-electron chi connectivity index (χ1n) is 12.6. The van der Waals surface area contributed by atoms with E-state index in [4.69, 9.17) is 0 Å². The number of fused-ring (bicyclic) bond motifs is 1. The van der Waals surface area contributed by atoms with Crippen LogP contribution in [0.1, 0.15) is 36.2 Å². The highest BCUT2D eigenvalue weighted by atomic mass is 16.2. The number of para-hydroxylation sites is 1. The van der Waals surface area contributed by atoms with Crippen molar-refractivity contribution in [3.05, 3.63) is 83.9 Å². The predicted molar refractivity (Wildman–Crippen MR) is 136 cm³/mol. The van der Waals surface area contributed by atoms with Gasteiger partial charge in [0.05, 0.1) is 6.54 Å². The Balaban J connectivity index is 1.10. The van der Waals surface area contributed by atoms with E-state index < -0.39 is 0 Å².